The number of nitrogens with two attached hydrogens (primary N) is 1. The van der Waals surface area contributed by atoms with Crippen molar-refractivity contribution >= 4 is 16.3 Å². The van der Waals surface area contributed by atoms with Gasteiger partial charge in [-0.25, -0.2) is 4.98 Å². The van der Waals surface area contributed by atoms with Gasteiger partial charge in [-0.05, 0) is 26.3 Å². The van der Waals surface area contributed by atoms with E-state index in [1.807, 2.05) is 6.92 Å². The van der Waals surface area contributed by atoms with Crippen LogP contribution in [0.5, 0.6) is 0 Å². The molecule has 3 heterocycles. The molecule has 6 nitrogen and oxygen atoms in total. The van der Waals surface area contributed by atoms with Crippen molar-refractivity contribution in [3.05, 3.63) is 27.1 Å². The van der Waals surface area contributed by atoms with E-state index < -0.39 is 0 Å². The molecule has 0 amide bonds. The van der Waals surface area contributed by atoms with E-state index in [1.54, 1.807) is 0 Å². The Kier molecular flexibility index (Phi) is 3.34. The lowest BCUT2D eigenvalue weighted by Crippen LogP contribution is -2.42. The minimum absolute atomic E-state index is 0.111. The monoisotopic (exact) mass is 279 g/mol. The summed E-state index contributed by atoms with van der Waals surface area (Å²) >= 11 is 1.48. The zero-order valence-corrected chi connectivity index (χ0v) is 11.7. The number of fused-ring (bicyclic) bond motifs is 1. The molecule has 0 aromatic carbocycles. The van der Waals surface area contributed by atoms with Crippen molar-refractivity contribution in [2.45, 2.75) is 32.4 Å². The minimum Gasteiger partial charge on any atom is -0.327 e. The minimum atomic E-state index is -0.111. The van der Waals surface area contributed by atoms with Crippen molar-refractivity contribution in [3.63, 3.8) is 0 Å². The van der Waals surface area contributed by atoms with Crippen LogP contribution in [0.25, 0.3) is 4.96 Å². The van der Waals surface area contributed by atoms with Gasteiger partial charge in [0.1, 0.15) is 5.01 Å². The fourth-order valence-electron chi connectivity index (χ4n) is 2.45. The Hall–Kier alpha value is -1.31. The van der Waals surface area contributed by atoms with Gasteiger partial charge in [-0.2, -0.15) is 9.61 Å². The lowest BCUT2D eigenvalue weighted by molar-refractivity contribution is 0.201. The van der Waals surface area contributed by atoms with Crippen molar-refractivity contribution < 1.29 is 0 Å². The maximum atomic E-state index is 11.8. The van der Waals surface area contributed by atoms with E-state index >= 15 is 0 Å². The average molecular weight is 279 g/mol. The van der Waals surface area contributed by atoms with E-state index in [9.17, 15) is 4.79 Å². The van der Waals surface area contributed by atoms with E-state index in [0.29, 0.717) is 4.96 Å². The van der Waals surface area contributed by atoms with Crippen molar-refractivity contribution in [2.24, 2.45) is 5.73 Å². The molecule has 1 atom stereocenters. The molecule has 3 rings (SSSR count). The Bertz CT molecular complexity index is 649. The van der Waals surface area contributed by atoms with E-state index in [1.165, 1.54) is 21.9 Å². The fourth-order valence-corrected chi connectivity index (χ4v) is 3.44. The summed E-state index contributed by atoms with van der Waals surface area (Å²) in [6.07, 6.45) is 2.22. The fraction of sp³-hybridized carbons (Fsp3) is 0.583. The number of aromatic nitrogens is 3. The van der Waals surface area contributed by atoms with Crippen LogP contribution in [0.15, 0.2) is 10.9 Å². The molecule has 7 heteroatoms. The maximum absolute atomic E-state index is 11.8. The standard InChI is InChI=1S/C12H17N5OS/c1-8-5-11(18)17-12(14-8)19-10(15-17)7-16-4-2-3-9(13)6-16/h5,9H,2-4,6-7,13H2,1H3/t9-/m1/s1. The van der Waals surface area contributed by atoms with Crippen LogP contribution in [-0.4, -0.2) is 38.6 Å². The van der Waals surface area contributed by atoms with Crippen molar-refractivity contribution in [1.29, 1.82) is 0 Å². The summed E-state index contributed by atoms with van der Waals surface area (Å²) in [5.74, 6) is 0. The molecular weight excluding hydrogens is 262 g/mol. The van der Waals surface area contributed by atoms with Crippen LogP contribution in [-0.2, 0) is 6.54 Å². The maximum Gasteiger partial charge on any atom is 0.275 e. The zero-order valence-electron chi connectivity index (χ0n) is 10.9. The predicted octanol–water partition coefficient (Wildman–Crippen LogP) is 0.383. The van der Waals surface area contributed by atoms with Crippen LogP contribution in [0.4, 0.5) is 0 Å². The van der Waals surface area contributed by atoms with E-state index in [-0.39, 0.29) is 11.6 Å². The van der Waals surface area contributed by atoms with Gasteiger partial charge in [0.2, 0.25) is 4.96 Å². The van der Waals surface area contributed by atoms with Gasteiger partial charge in [0, 0.05) is 24.3 Å². The molecule has 0 aliphatic carbocycles. The number of hydrogen-bond acceptors (Lipinski definition) is 6. The van der Waals surface area contributed by atoms with Gasteiger partial charge in [-0.15, -0.1) is 0 Å². The van der Waals surface area contributed by atoms with Gasteiger partial charge in [0.25, 0.3) is 5.56 Å². The van der Waals surface area contributed by atoms with Gasteiger partial charge in [-0.3, -0.25) is 9.69 Å². The van der Waals surface area contributed by atoms with Crippen LogP contribution in [0.2, 0.25) is 0 Å². The average Bonchev–Trinajstić information content (AvgIpc) is 2.71. The summed E-state index contributed by atoms with van der Waals surface area (Å²) in [4.78, 5) is 19.1. The van der Waals surface area contributed by atoms with Gasteiger partial charge >= 0.3 is 0 Å². The highest BCUT2D eigenvalue weighted by molar-refractivity contribution is 7.16. The quantitative estimate of drug-likeness (QED) is 0.860. The molecule has 0 saturated carbocycles. The molecule has 0 spiro atoms. The third kappa shape index (κ3) is 2.68. The van der Waals surface area contributed by atoms with Crippen LogP contribution >= 0.6 is 11.3 Å². The van der Waals surface area contributed by atoms with Gasteiger partial charge < -0.3 is 5.73 Å². The molecule has 1 aliphatic heterocycles. The molecule has 19 heavy (non-hydrogen) atoms. The lowest BCUT2D eigenvalue weighted by Gasteiger charge is -2.29. The summed E-state index contributed by atoms with van der Waals surface area (Å²) < 4.78 is 1.39. The number of aryl methyl sites for hydroxylation is 1. The highest BCUT2D eigenvalue weighted by Gasteiger charge is 2.18. The summed E-state index contributed by atoms with van der Waals surface area (Å²) in [6.45, 7) is 4.52. The van der Waals surface area contributed by atoms with E-state index in [4.69, 9.17) is 5.73 Å². The second kappa shape index (κ2) is 4.99. The van der Waals surface area contributed by atoms with E-state index in [2.05, 4.69) is 15.0 Å². The Morgan fingerprint density at radius 1 is 1.58 bits per heavy atom. The van der Waals surface area contributed by atoms with Crippen LogP contribution in [0.1, 0.15) is 23.5 Å². The first-order valence-corrected chi connectivity index (χ1v) is 7.28. The molecular formula is C12H17N5OS. The molecule has 2 aromatic rings. The zero-order chi connectivity index (χ0) is 13.4. The Morgan fingerprint density at radius 3 is 3.21 bits per heavy atom. The number of likely N-dealkylation sites (tertiary alicyclic amines) is 1. The molecule has 0 radical (unpaired) electrons. The van der Waals surface area contributed by atoms with Gasteiger partial charge in [-0.1, -0.05) is 11.3 Å². The topological polar surface area (TPSA) is 76.5 Å². The Morgan fingerprint density at radius 2 is 2.42 bits per heavy atom. The summed E-state index contributed by atoms with van der Waals surface area (Å²) in [5.41, 5.74) is 6.60. The first kappa shape index (κ1) is 12.7. The highest BCUT2D eigenvalue weighted by atomic mass is 32.1. The summed E-state index contributed by atoms with van der Waals surface area (Å²) in [5, 5.41) is 5.27. The van der Waals surface area contributed by atoms with E-state index in [0.717, 1.165) is 43.2 Å². The molecule has 1 saturated heterocycles. The molecule has 2 aromatic heterocycles. The molecule has 2 N–H and O–H groups in total. The molecule has 102 valence electrons. The lowest BCUT2D eigenvalue weighted by atomic mass is 10.1. The smallest absolute Gasteiger partial charge is 0.275 e. The normalized spacial score (nSPS) is 21.1. The predicted molar refractivity (Wildman–Crippen MR) is 74.4 cm³/mol. The number of hydrogen-bond donors (Lipinski definition) is 1. The summed E-state index contributed by atoms with van der Waals surface area (Å²) in [6, 6.07) is 1.76. The molecule has 0 unspecified atom stereocenters. The number of piperidine rings is 1. The third-order valence-corrected chi connectivity index (χ3v) is 4.21. The molecule has 0 bridgehead atoms. The van der Waals surface area contributed by atoms with Crippen molar-refractivity contribution in [1.82, 2.24) is 19.5 Å². The van der Waals surface area contributed by atoms with Crippen molar-refractivity contribution in [3.8, 4) is 0 Å². The SMILES string of the molecule is Cc1cc(=O)n2nc(CN3CCC[C@@H](N)C3)sc2n1. The largest absolute Gasteiger partial charge is 0.327 e. The van der Waals surface area contributed by atoms with Crippen molar-refractivity contribution in [2.75, 3.05) is 13.1 Å². The number of nitrogens with zero attached hydrogens (tertiary/aromatic N) is 4. The van der Waals surface area contributed by atoms with Crippen LogP contribution < -0.4 is 11.3 Å². The first-order chi connectivity index (χ1) is 9.11. The second-order valence-corrected chi connectivity index (χ2v) is 6.10. The summed E-state index contributed by atoms with van der Waals surface area (Å²) in [7, 11) is 0. The van der Waals surface area contributed by atoms with Crippen LogP contribution in [0, 0.1) is 6.92 Å². The van der Waals surface area contributed by atoms with Gasteiger partial charge in [0.05, 0.1) is 6.54 Å². The highest BCUT2D eigenvalue weighted by Crippen LogP contribution is 2.16. The van der Waals surface area contributed by atoms with Gasteiger partial charge in [0.15, 0.2) is 0 Å². The molecule has 1 fully saturated rings. The first-order valence-electron chi connectivity index (χ1n) is 6.46. The van der Waals surface area contributed by atoms with Crippen LogP contribution in [0.3, 0.4) is 0 Å². The third-order valence-electron chi connectivity index (χ3n) is 3.32. The Balaban J connectivity index is 1.85. The Labute approximate surface area is 114 Å². The number of rotatable bonds is 2. The molecule has 1 aliphatic rings. The second-order valence-electron chi connectivity index (χ2n) is 5.06.